The van der Waals surface area contributed by atoms with Crippen LogP contribution in [0.25, 0.3) is 0 Å². The summed E-state index contributed by atoms with van der Waals surface area (Å²) in [4.78, 5) is 16.8. The Labute approximate surface area is 132 Å². The van der Waals surface area contributed by atoms with Crippen molar-refractivity contribution in [1.29, 1.82) is 0 Å². The molecule has 1 heterocycles. The minimum atomic E-state index is -0.130. The predicted molar refractivity (Wildman–Crippen MR) is 90.1 cm³/mol. The van der Waals surface area contributed by atoms with E-state index in [2.05, 4.69) is 18.7 Å². The van der Waals surface area contributed by atoms with Crippen molar-refractivity contribution in [1.82, 2.24) is 9.80 Å². The number of likely N-dealkylation sites (tertiary alicyclic amines) is 1. The maximum Gasteiger partial charge on any atom is 0.229 e. The first kappa shape index (κ1) is 16.1. The van der Waals surface area contributed by atoms with Gasteiger partial charge in [0.2, 0.25) is 5.91 Å². The summed E-state index contributed by atoms with van der Waals surface area (Å²) >= 11 is 7.40. The molecule has 2 aliphatic rings. The number of amides is 1. The van der Waals surface area contributed by atoms with E-state index in [1.165, 1.54) is 12.8 Å². The average molecular weight is 315 g/mol. The van der Waals surface area contributed by atoms with Crippen LogP contribution in [0.5, 0.6) is 0 Å². The van der Waals surface area contributed by atoms with Crippen molar-refractivity contribution in [2.24, 2.45) is 5.41 Å². The lowest BCUT2D eigenvalue weighted by Crippen LogP contribution is -2.44. The number of thioether (sulfide) groups is 1. The molecule has 0 unspecified atom stereocenters. The van der Waals surface area contributed by atoms with Gasteiger partial charge in [0.1, 0.15) is 4.32 Å². The smallest absolute Gasteiger partial charge is 0.229 e. The first-order valence-electron chi connectivity index (χ1n) is 7.76. The molecule has 1 amide bonds. The fraction of sp³-hybridized carbons (Fsp3) is 0.867. The number of nitrogens with zero attached hydrogens (tertiary/aromatic N) is 2. The Morgan fingerprint density at radius 3 is 2.65 bits per heavy atom. The third-order valence-corrected chi connectivity index (χ3v) is 6.86. The third-order valence-electron chi connectivity index (χ3n) is 4.89. The van der Waals surface area contributed by atoms with Crippen LogP contribution in [-0.2, 0) is 4.79 Å². The van der Waals surface area contributed by atoms with Gasteiger partial charge in [-0.3, -0.25) is 4.79 Å². The molecule has 114 valence electrons. The van der Waals surface area contributed by atoms with Gasteiger partial charge in [-0.15, -0.1) is 0 Å². The van der Waals surface area contributed by atoms with E-state index in [0.717, 1.165) is 43.2 Å². The zero-order valence-electron chi connectivity index (χ0n) is 12.9. The number of hydrogen-bond donors (Lipinski definition) is 0. The molecule has 2 rings (SSSR count). The van der Waals surface area contributed by atoms with Crippen LogP contribution in [0.4, 0.5) is 0 Å². The lowest BCUT2D eigenvalue weighted by Gasteiger charge is -2.40. The molecular formula is C15H26N2OS2. The second kappa shape index (κ2) is 6.65. The fourth-order valence-corrected chi connectivity index (χ4v) is 5.65. The van der Waals surface area contributed by atoms with E-state index >= 15 is 0 Å². The summed E-state index contributed by atoms with van der Waals surface area (Å²) < 4.78 is 0.976. The number of carbonyl (C=O) groups is 1. The predicted octanol–water partition coefficient (Wildman–Crippen LogP) is 3.14. The lowest BCUT2D eigenvalue weighted by atomic mass is 9.72. The Bertz CT molecular complexity index is 380. The molecule has 2 atom stereocenters. The van der Waals surface area contributed by atoms with Crippen LogP contribution in [0, 0.1) is 5.41 Å². The van der Waals surface area contributed by atoms with Crippen LogP contribution in [0.3, 0.4) is 0 Å². The highest BCUT2D eigenvalue weighted by Gasteiger charge is 2.52. The number of hydrogen-bond acceptors (Lipinski definition) is 3. The van der Waals surface area contributed by atoms with Gasteiger partial charge in [-0.1, -0.05) is 36.8 Å². The quantitative estimate of drug-likeness (QED) is 0.747. The van der Waals surface area contributed by atoms with Crippen molar-refractivity contribution in [3.63, 3.8) is 0 Å². The van der Waals surface area contributed by atoms with E-state index in [1.807, 2.05) is 11.9 Å². The summed E-state index contributed by atoms with van der Waals surface area (Å²) in [6.07, 6.45) is 5.62. The number of carbonyl (C=O) groups excluding carboxylic acids is 1. The van der Waals surface area contributed by atoms with Crippen molar-refractivity contribution in [3.05, 3.63) is 0 Å². The summed E-state index contributed by atoms with van der Waals surface area (Å²) in [5.74, 6) is 0.358. The Kier molecular flexibility index (Phi) is 5.35. The molecule has 20 heavy (non-hydrogen) atoms. The average Bonchev–Trinajstić information content (AvgIpc) is 2.72. The van der Waals surface area contributed by atoms with Gasteiger partial charge in [-0.25, -0.2) is 0 Å². The number of rotatable bonds is 3. The molecule has 3 nitrogen and oxygen atoms in total. The van der Waals surface area contributed by atoms with Crippen LogP contribution < -0.4 is 0 Å². The van der Waals surface area contributed by atoms with Gasteiger partial charge in [0.05, 0.1) is 5.41 Å². The van der Waals surface area contributed by atoms with Crippen molar-refractivity contribution in [3.8, 4) is 0 Å². The molecule has 5 heteroatoms. The highest BCUT2D eigenvalue weighted by Crippen LogP contribution is 2.50. The Hall–Kier alpha value is -0.290. The van der Waals surface area contributed by atoms with Crippen molar-refractivity contribution in [2.75, 3.05) is 26.7 Å². The van der Waals surface area contributed by atoms with Crippen LogP contribution in [0.15, 0.2) is 0 Å². The SMILES string of the molecule is CCN(CC)C(=S)S[C@@H]1CCCC[C@@]12CCN(C)C2=O. The molecule has 0 aromatic rings. The summed E-state index contributed by atoms with van der Waals surface area (Å²) in [7, 11) is 1.94. The fourth-order valence-electron chi connectivity index (χ4n) is 3.54. The van der Waals surface area contributed by atoms with Crippen molar-refractivity contribution < 1.29 is 4.79 Å². The molecule has 0 aromatic heterocycles. The standard InChI is InChI=1S/C15H26N2OS2/c1-4-17(5-2)14(19)20-12-8-6-7-9-15(12)10-11-16(3)13(15)18/h12H,4-11H2,1-3H3/t12-,15-/m1/s1. The largest absolute Gasteiger partial charge is 0.358 e. The molecule has 1 saturated carbocycles. The van der Waals surface area contributed by atoms with Crippen LogP contribution in [0.1, 0.15) is 46.0 Å². The number of thiocarbonyl (C=S) groups is 1. The summed E-state index contributed by atoms with van der Waals surface area (Å²) in [6.45, 7) is 7.10. The maximum atomic E-state index is 12.6. The monoisotopic (exact) mass is 314 g/mol. The summed E-state index contributed by atoms with van der Waals surface area (Å²) in [5, 5.41) is 0.377. The molecule has 1 aliphatic carbocycles. The van der Waals surface area contributed by atoms with Crippen molar-refractivity contribution in [2.45, 2.75) is 51.2 Å². The molecule has 0 aromatic carbocycles. The summed E-state index contributed by atoms with van der Waals surface area (Å²) in [6, 6.07) is 0. The van der Waals surface area contributed by atoms with E-state index < -0.39 is 0 Å². The normalized spacial score (nSPS) is 30.1. The zero-order chi connectivity index (χ0) is 14.8. The first-order chi connectivity index (χ1) is 9.55. The molecule has 1 spiro atoms. The topological polar surface area (TPSA) is 23.6 Å². The van der Waals surface area contributed by atoms with Crippen LogP contribution in [-0.4, -0.2) is 52.0 Å². The second-order valence-corrected chi connectivity index (χ2v) is 7.76. The third kappa shape index (κ3) is 2.84. The molecule has 0 bridgehead atoms. The highest BCUT2D eigenvalue weighted by molar-refractivity contribution is 8.23. The van der Waals surface area contributed by atoms with E-state index in [0.29, 0.717) is 11.2 Å². The second-order valence-electron chi connectivity index (χ2n) is 5.92. The van der Waals surface area contributed by atoms with Gasteiger partial charge >= 0.3 is 0 Å². The molecule has 0 radical (unpaired) electrons. The summed E-state index contributed by atoms with van der Waals surface area (Å²) in [5.41, 5.74) is -0.130. The van der Waals surface area contributed by atoms with Crippen molar-refractivity contribution >= 4 is 34.2 Å². The Balaban J connectivity index is 2.12. The highest BCUT2D eigenvalue weighted by atomic mass is 32.2. The van der Waals surface area contributed by atoms with E-state index in [-0.39, 0.29) is 5.41 Å². The molecule has 1 aliphatic heterocycles. The van der Waals surface area contributed by atoms with Gasteiger partial charge in [0.15, 0.2) is 0 Å². The molecule has 0 N–H and O–H groups in total. The Morgan fingerprint density at radius 1 is 1.40 bits per heavy atom. The van der Waals surface area contributed by atoms with E-state index in [1.54, 1.807) is 11.8 Å². The first-order valence-corrected chi connectivity index (χ1v) is 9.05. The molecule has 1 saturated heterocycles. The maximum absolute atomic E-state index is 12.6. The van der Waals surface area contributed by atoms with E-state index in [9.17, 15) is 4.79 Å². The Morgan fingerprint density at radius 2 is 2.10 bits per heavy atom. The molecular weight excluding hydrogens is 288 g/mol. The van der Waals surface area contributed by atoms with E-state index in [4.69, 9.17) is 12.2 Å². The van der Waals surface area contributed by atoms with Gasteiger partial charge in [-0.2, -0.15) is 0 Å². The van der Waals surface area contributed by atoms with Gasteiger partial charge in [-0.05, 0) is 33.1 Å². The minimum Gasteiger partial charge on any atom is -0.358 e. The minimum absolute atomic E-state index is 0.130. The van der Waals surface area contributed by atoms with Gasteiger partial charge < -0.3 is 9.80 Å². The van der Waals surface area contributed by atoms with Gasteiger partial charge in [0, 0.05) is 31.9 Å². The van der Waals surface area contributed by atoms with Crippen LogP contribution >= 0.6 is 24.0 Å². The zero-order valence-corrected chi connectivity index (χ0v) is 14.5. The molecule has 2 fully saturated rings. The van der Waals surface area contributed by atoms with Gasteiger partial charge in [0.25, 0.3) is 0 Å². The van der Waals surface area contributed by atoms with Crippen LogP contribution in [0.2, 0.25) is 0 Å². The lowest BCUT2D eigenvalue weighted by molar-refractivity contribution is -0.136.